The van der Waals surface area contributed by atoms with Gasteiger partial charge in [-0.2, -0.15) is 5.26 Å². The Morgan fingerprint density at radius 3 is 2.38 bits per heavy atom. The van der Waals surface area contributed by atoms with Gasteiger partial charge in [-0.1, -0.05) is 6.92 Å². The van der Waals surface area contributed by atoms with Crippen molar-refractivity contribution in [1.29, 1.82) is 5.26 Å². The van der Waals surface area contributed by atoms with Crippen LogP contribution in [0.3, 0.4) is 0 Å². The summed E-state index contributed by atoms with van der Waals surface area (Å²) in [4.78, 5) is 22.2. The van der Waals surface area contributed by atoms with Crippen LogP contribution in [0.25, 0.3) is 0 Å². The van der Waals surface area contributed by atoms with Crippen LogP contribution >= 0.6 is 0 Å². The number of ketones is 1. The zero-order valence-corrected chi connectivity index (χ0v) is 7.66. The van der Waals surface area contributed by atoms with Crippen molar-refractivity contribution in [2.24, 2.45) is 5.73 Å². The number of hydrogen-bond donors (Lipinski definition) is 1. The first-order chi connectivity index (χ1) is 6.02. The van der Waals surface area contributed by atoms with Gasteiger partial charge in [0.05, 0.1) is 6.61 Å². The van der Waals surface area contributed by atoms with Gasteiger partial charge in [0.1, 0.15) is 6.07 Å². The second-order valence-electron chi connectivity index (χ2n) is 2.42. The molecule has 0 aliphatic carbocycles. The van der Waals surface area contributed by atoms with Gasteiger partial charge in [-0.25, -0.2) is 4.79 Å². The van der Waals surface area contributed by atoms with E-state index in [1.165, 1.54) is 13.0 Å². The van der Waals surface area contributed by atoms with E-state index < -0.39 is 17.3 Å². The van der Waals surface area contributed by atoms with Crippen molar-refractivity contribution >= 4 is 11.8 Å². The molecular formula is C8H12N2O3. The van der Waals surface area contributed by atoms with E-state index in [-0.39, 0.29) is 13.0 Å². The second kappa shape index (κ2) is 4.58. The maximum absolute atomic E-state index is 11.1. The smallest absolute Gasteiger partial charge is 0.348 e. The van der Waals surface area contributed by atoms with Crippen molar-refractivity contribution in [3.8, 4) is 6.07 Å². The van der Waals surface area contributed by atoms with Gasteiger partial charge in [-0.3, -0.25) is 10.5 Å². The normalized spacial score (nSPS) is 14.0. The Balaban J connectivity index is 4.75. The van der Waals surface area contributed by atoms with Gasteiger partial charge in [0.25, 0.3) is 5.54 Å². The molecule has 0 aromatic rings. The fraction of sp³-hybridized carbons (Fsp3) is 0.625. The van der Waals surface area contributed by atoms with Crippen LogP contribution in [0.2, 0.25) is 0 Å². The molecule has 0 aliphatic rings. The number of ether oxygens (including phenoxy) is 1. The van der Waals surface area contributed by atoms with Crippen LogP contribution in [0.5, 0.6) is 0 Å². The van der Waals surface area contributed by atoms with Gasteiger partial charge < -0.3 is 4.74 Å². The van der Waals surface area contributed by atoms with Gasteiger partial charge >= 0.3 is 5.97 Å². The lowest BCUT2D eigenvalue weighted by Crippen LogP contribution is -2.54. The molecule has 0 amide bonds. The number of Topliss-reactive ketones (excluding diaryl/α,β-unsaturated/α-hetero) is 1. The summed E-state index contributed by atoms with van der Waals surface area (Å²) in [6, 6.07) is 1.47. The Morgan fingerprint density at radius 1 is 1.54 bits per heavy atom. The second-order valence-corrected chi connectivity index (χ2v) is 2.42. The molecule has 1 unspecified atom stereocenters. The van der Waals surface area contributed by atoms with Crippen LogP contribution in [0.15, 0.2) is 0 Å². The number of esters is 1. The minimum atomic E-state index is -2.13. The lowest BCUT2D eigenvalue weighted by molar-refractivity contribution is -0.150. The molecule has 13 heavy (non-hydrogen) atoms. The Bertz CT molecular complexity index is 257. The van der Waals surface area contributed by atoms with E-state index >= 15 is 0 Å². The highest BCUT2D eigenvalue weighted by Crippen LogP contribution is 2.06. The predicted molar refractivity (Wildman–Crippen MR) is 44.5 cm³/mol. The lowest BCUT2D eigenvalue weighted by Gasteiger charge is -2.16. The minimum absolute atomic E-state index is 0.0306. The highest BCUT2D eigenvalue weighted by atomic mass is 16.5. The molecule has 5 heteroatoms. The molecule has 0 saturated heterocycles. The van der Waals surface area contributed by atoms with Crippen molar-refractivity contribution in [1.82, 2.24) is 0 Å². The molecule has 0 heterocycles. The maximum atomic E-state index is 11.1. The third-order valence-electron chi connectivity index (χ3n) is 1.53. The molecule has 0 spiro atoms. The highest BCUT2D eigenvalue weighted by molar-refractivity contribution is 6.11. The molecule has 0 radical (unpaired) electrons. The van der Waals surface area contributed by atoms with E-state index in [1.54, 1.807) is 6.92 Å². The van der Waals surface area contributed by atoms with Crippen molar-refractivity contribution in [2.75, 3.05) is 6.61 Å². The molecule has 72 valence electrons. The first-order valence-electron chi connectivity index (χ1n) is 3.93. The zero-order valence-electron chi connectivity index (χ0n) is 7.66. The summed E-state index contributed by atoms with van der Waals surface area (Å²) in [5.41, 5.74) is 3.16. The van der Waals surface area contributed by atoms with Crippen LogP contribution in [-0.2, 0) is 14.3 Å². The molecule has 0 saturated carbocycles. The van der Waals surface area contributed by atoms with Gasteiger partial charge in [0, 0.05) is 6.42 Å². The zero-order chi connectivity index (χ0) is 10.5. The highest BCUT2D eigenvalue weighted by Gasteiger charge is 2.42. The number of rotatable bonds is 4. The molecule has 0 aliphatic heterocycles. The van der Waals surface area contributed by atoms with Gasteiger partial charge in [0.2, 0.25) is 0 Å². The fourth-order valence-corrected chi connectivity index (χ4v) is 0.746. The molecule has 0 aromatic carbocycles. The quantitative estimate of drug-likeness (QED) is 0.480. The van der Waals surface area contributed by atoms with Crippen LogP contribution in [0, 0.1) is 11.3 Å². The average Bonchev–Trinajstić information content (AvgIpc) is 2.15. The molecule has 2 N–H and O–H groups in total. The molecule has 5 nitrogen and oxygen atoms in total. The summed E-state index contributed by atoms with van der Waals surface area (Å²) in [5.74, 6) is -1.61. The third-order valence-corrected chi connectivity index (χ3v) is 1.53. The lowest BCUT2D eigenvalue weighted by atomic mass is 9.95. The topological polar surface area (TPSA) is 93.2 Å². The Morgan fingerprint density at radius 2 is 2.08 bits per heavy atom. The van der Waals surface area contributed by atoms with Crippen LogP contribution < -0.4 is 5.73 Å². The van der Waals surface area contributed by atoms with Gasteiger partial charge in [-0.15, -0.1) is 0 Å². The largest absolute Gasteiger partial charge is 0.463 e. The van der Waals surface area contributed by atoms with E-state index in [4.69, 9.17) is 11.0 Å². The van der Waals surface area contributed by atoms with Crippen LogP contribution in [0.4, 0.5) is 0 Å². The number of nitrogens with two attached hydrogens (primary N) is 1. The standard InChI is InChI=1S/C8H12N2O3/c1-3-6(11)8(10,5-9)7(12)13-4-2/h3-4,10H2,1-2H3. The molecule has 1 atom stereocenters. The summed E-state index contributed by atoms with van der Waals surface area (Å²) in [6.07, 6.45) is 0.0306. The number of nitrogens with zero attached hydrogens (tertiary/aromatic N) is 1. The monoisotopic (exact) mass is 184 g/mol. The van der Waals surface area contributed by atoms with Crippen LogP contribution in [-0.4, -0.2) is 23.9 Å². The molecule has 0 rings (SSSR count). The number of nitriles is 1. The van der Waals surface area contributed by atoms with E-state index in [2.05, 4.69) is 4.74 Å². The molecule has 0 fully saturated rings. The minimum Gasteiger partial charge on any atom is -0.463 e. The molecular weight excluding hydrogens is 172 g/mol. The fourth-order valence-electron chi connectivity index (χ4n) is 0.746. The molecule has 0 bridgehead atoms. The number of hydrogen-bond acceptors (Lipinski definition) is 5. The summed E-state index contributed by atoms with van der Waals surface area (Å²) in [5, 5.41) is 8.59. The first-order valence-corrected chi connectivity index (χ1v) is 3.93. The van der Waals surface area contributed by atoms with Gasteiger partial charge in [-0.05, 0) is 6.92 Å². The van der Waals surface area contributed by atoms with E-state index in [9.17, 15) is 9.59 Å². The average molecular weight is 184 g/mol. The van der Waals surface area contributed by atoms with E-state index in [0.29, 0.717) is 0 Å². The van der Waals surface area contributed by atoms with Crippen molar-refractivity contribution in [3.05, 3.63) is 0 Å². The Kier molecular flexibility index (Phi) is 4.08. The summed E-state index contributed by atoms with van der Waals surface area (Å²) in [6.45, 7) is 3.20. The van der Waals surface area contributed by atoms with Crippen molar-refractivity contribution in [2.45, 2.75) is 25.8 Å². The van der Waals surface area contributed by atoms with Crippen LogP contribution in [0.1, 0.15) is 20.3 Å². The van der Waals surface area contributed by atoms with Gasteiger partial charge in [0.15, 0.2) is 5.78 Å². The van der Waals surface area contributed by atoms with E-state index in [1.807, 2.05) is 0 Å². The summed E-state index contributed by atoms with van der Waals surface area (Å²) >= 11 is 0. The predicted octanol–water partition coefficient (Wildman–Crippen LogP) is -0.250. The van der Waals surface area contributed by atoms with E-state index in [0.717, 1.165) is 0 Å². The summed E-state index contributed by atoms with van der Waals surface area (Å²) in [7, 11) is 0. The van der Waals surface area contributed by atoms with Crippen molar-refractivity contribution < 1.29 is 14.3 Å². The number of carbonyl (C=O) groups excluding carboxylic acids is 2. The first kappa shape index (κ1) is 11.6. The Hall–Kier alpha value is -1.41. The molecule has 0 aromatic heterocycles. The maximum Gasteiger partial charge on any atom is 0.348 e. The Labute approximate surface area is 76.5 Å². The third kappa shape index (κ3) is 2.26. The number of carbonyl (C=O) groups is 2. The summed E-state index contributed by atoms with van der Waals surface area (Å²) < 4.78 is 4.51. The van der Waals surface area contributed by atoms with Crippen molar-refractivity contribution in [3.63, 3.8) is 0 Å². The SMILES string of the molecule is CCOC(=O)C(N)(C#N)C(=O)CC.